The standard InChI is InChI=1S/C16H18N4O3/c1-2-23-16(21)13-15(20-8-10-22-11-9-20)17-14(19-18-13)12-6-4-3-5-7-12/h3-7H,2,8-11H2,1H3. The molecule has 0 spiro atoms. The van der Waals surface area contributed by atoms with Crippen molar-refractivity contribution < 1.29 is 14.3 Å². The fourth-order valence-corrected chi connectivity index (χ4v) is 2.35. The van der Waals surface area contributed by atoms with Crippen LogP contribution in [0.1, 0.15) is 17.4 Å². The second kappa shape index (κ2) is 7.15. The predicted molar refractivity (Wildman–Crippen MR) is 84.3 cm³/mol. The third kappa shape index (κ3) is 3.45. The summed E-state index contributed by atoms with van der Waals surface area (Å²) in [7, 11) is 0. The van der Waals surface area contributed by atoms with Crippen molar-refractivity contribution in [3.8, 4) is 11.4 Å². The Labute approximate surface area is 134 Å². The van der Waals surface area contributed by atoms with Crippen LogP contribution in [0.2, 0.25) is 0 Å². The first-order chi connectivity index (χ1) is 11.3. The molecule has 2 heterocycles. The van der Waals surface area contributed by atoms with Gasteiger partial charge in [0.1, 0.15) is 0 Å². The van der Waals surface area contributed by atoms with Crippen LogP contribution in [0.5, 0.6) is 0 Å². The van der Waals surface area contributed by atoms with Gasteiger partial charge in [-0.25, -0.2) is 9.78 Å². The lowest BCUT2D eigenvalue weighted by Crippen LogP contribution is -2.38. The first-order valence-electron chi connectivity index (χ1n) is 7.59. The van der Waals surface area contributed by atoms with Gasteiger partial charge in [0, 0.05) is 18.7 Å². The summed E-state index contributed by atoms with van der Waals surface area (Å²) in [5.74, 6) is 0.481. The highest BCUT2D eigenvalue weighted by molar-refractivity contribution is 5.92. The van der Waals surface area contributed by atoms with E-state index in [1.807, 2.05) is 35.2 Å². The molecule has 0 N–H and O–H groups in total. The molecule has 23 heavy (non-hydrogen) atoms. The highest BCUT2D eigenvalue weighted by Crippen LogP contribution is 2.22. The molecule has 1 aliphatic rings. The molecule has 0 saturated carbocycles. The monoisotopic (exact) mass is 314 g/mol. The van der Waals surface area contributed by atoms with Crippen molar-refractivity contribution in [2.45, 2.75) is 6.92 Å². The van der Waals surface area contributed by atoms with Crippen molar-refractivity contribution in [2.75, 3.05) is 37.8 Å². The van der Waals surface area contributed by atoms with Crippen LogP contribution in [0.15, 0.2) is 30.3 Å². The van der Waals surface area contributed by atoms with Gasteiger partial charge in [-0.15, -0.1) is 10.2 Å². The predicted octanol–water partition coefficient (Wildman–Crippen LogP) is 1.55. The minimum absolute atomic E-state index is 0.147. The number of nitrogens with zero attached hydrogens (tertiary/aromatic N) is 4. The molecule has 7 nitrogen and oxygen atoms in total. The Hall–Kier alpha value is -2.54. The number of hydrogen-bond donors (Lipinski definition) is 0. The van der Waals surface area contributed by atoms with Crippen molar-refractivity contribution in [3.05, 3.63) is 36.0 Å². The molecule has 1 aromatic heterocycles. The first kappa shape index (κ1) is 15.4. The van der Waals surface area contributed by atoms with E-state index in [0.717, 1.165) is 5.56 Å². The van der Waals surface area contributed by atoms with Gasteiger partial charge in [-0.3, -0.25) is 0 Å². The van der Waals surface area contributed by atoms with Gasteiger partial charge in [-0.05, 0) is 6.92 Å². The van der Waals surface area contributed by atoms with Gasteiger partial charge in [0.15, 0.2) is 11.6 Å². The van der Waals surface area contributed by atoms with Crippen molar-refractivity contribution >= 4 is 11.8 Å². The van der Waals surface area contributed by atoms with E-state index in [1.54, 1.807) is 6.92 Å². The smallest absolute Gasteiger partial charge is 0.362 e. The van der Waals surface area contributed by atoms with Crippen LogP contribution in [0.3, 0.4) is 0 Å². The van der Waals surface area contributed by atoms with Crippen LogP contribution >= 0.6 is 0 Å². The molecule has 2 aromatic rings. The number of hydrogen-bond acceptors (Lipinski definition) is 7. The van der Waals surface area contributed by atoms with E-state index < -0.39 is 5.97 Å². The SMILES string of the molecule is CCOC(=O)c1nnc(-c2ccccc2)nc1N1CCOCC1. The van der Waals surface area contributed by atoms with Gasteiger partial charge < -0.3 is 14.4 Å². The van der Waals surface area contributed by atoms with Crippen LogP contribution in [0.4, 0.5) is 5.82 Å². The van der Waals surface area contributed by atoms with Crippen molar-refractivity contribution in [3.63, 3.8) is 0 Å². The van der Waals surface area contributed by atoms with E-state index in [0.29, 0.717) is 37.9 Å². The van der Waals surface area contributed by atoms with E-state index >= 15 is 0 Å². The lowest BCUT2D eigenvalue weighted by atomic mass is 10.2. The molecular formula is C16H18N4O3. The molecule has 7 heteroatoms. The van der Waals surface area contributed by atoms with Crippen LogP contribution < -0.4 is 4.90 Å². The molecular weight excluding hydrogens is 296 g/mol. The molecule has 1 aliphatic heterocycles. The number of anilines is 1. The number of esters is 1. The zero-order valence-corrected chi connectivity index (χ0v) is 12.9. The van der Waals surface area contributed by atoms with Gasteiger partial charge in [-0.2, -0.15) is 0 Å². The Morgan fingerprint density at radius 3 is 2.65 bits per heavy atom. The fraction of sp³-hybridized carbons (Fsp3) is 0.375. The third-order valence-corrected chi connectivity index (χ3v) is 3.48. The Morgan fingerprint density at radius 2 is 1.96 bits per heavy atom. The number of carbonyl (C=O) groups excluding carboxylic acids is 1. The van der Waals surface area contributed by atoms with E-state index in [2.05, 4.69) is 15.2 Å². The molecule has 120 valence electrons. The summed E-state index contributed by atoms with van der Waals surface area (Å²) in [4.78, 5) is 18.7. The molecule has 0 radical (unpaired) electrons. The average molecular weight is 314 g/mol. The van der Waals surface area contributed by atoms with Crippen LogP contribution in [-0.4, -0.2) is 54.1 Å². The largest absolute Gasteiger partial charge is 0.461 e. The van der Waals surface area contributed by atoms with Gasteiger partial charge in [0.2, 0.25) is 5.69 Å². The zero-order valence-electron chi connectivity index (χ0n) is 12.9. The van der Waals surface area contributed by atoms with Crippen molar-refractivity contribution in [1.29, 1.82) is 0 Å². The summed E-state index contributed by atoms with van der Waals surface area (Å²) >= 11 is 0. The maximum absolute atomic E-state index is 12.1. The second-order valence-electron chi connectivity index (χ2n) is 4.99. The molecule has 0 bridgehead atoms. The maximum Gasteiger partial charge on any atom is 0.362 e. The van der Waals surface area contributed by atoms with E-state index in [-0.39, 0.29) is 12.3 Å². The summed E-state index contributed by atoms with van der Waals surface area (Å²) in [5.41, 5.74) is 0.998. The second-order valence-corrected chi connectivity index (χ2v) is 4.99. The number of carbonyl (C=O) groups is 1. The molecule has 1 saturated heterocycles. The lowest BCUT2D eigenvalue weighted by molar-refractivity contribution is 0.0517. The number of morpholine rings is 1. The highest BCUT2D eigenvalue weighted by Gasteiger charge is 2.24. The third-order valence-electron chi connectivity index (χ3n) is 3.48. The van der Waals surface area contributed by atoms with Crippen LogP contribution in [0.25, 0.3) is 11.4 Å². The molecule has 3 rings (SSSR count). The van der Waals surface area contributed by atoms with Crippen LogP contribution in [0, 0.1) is 0 Å². The van der Waals surface area contributed by atoms with Crippen molar-refractivity contribution in [2.24, 2.45) is 0 Å². The van der Waals surface area contributed by atoms with Gasteiger partial charge in [0.05, 0.1) is 19.8 Å². The number of aromatic nitrogens is 3. The van der Waals surface area contributed by atoms with E-state index in [1.165, 1.54) is 0 Å². The topological polar surface area (TPSA) is 77.4 Å². The van der Waals surface area contributed by atoms with Gasteiger partial charge in [-0.1, -0.05) is 30.3 Å². The zero-order chi connectivity index (χ0) is 16.1. The highest BCUT2D eigenvalue weighted by atomic mass is 16.5. The van der Waals surface area contributed by atoms with Crippen LogP contribution in [-0.2, 0) is 9.47 Å². The number of benzene rings is 1. The Morgan fingerprint density at radius 1 is 1.22 bits per heavy atom. The molecule has 0 unspecified atom stereocenters. The summed E-state index contributed by atoms with van der Waals surface area (Å²) in [6.45, 7) is 4.52. The van der Waals surface area contributed by atoms with E-state index in [4.69, 9.17) is 9.47 Å². The van der Waals surface area contributed by atoms with Gasteiger partial charge >= 0.3 is 5.97 Å². The Balaban J connectivity index is 2.01. The van der Waals surface area contributed by atoms with E-state index in [9.17, 15) is 4.79 Å². The minimum atomic E-state index is -0.506. The normalized spacial score (nSPS) is 14.6. The summed E-state index contributed by atoms with van der Waals surface area (Å²) < 4.78 is 10.4. The van der Waals surface area contributed by atoms with Crippen molar-refractivity contribution in [1.82, 2.24) is 15.2 Å². The molecule has 0 aliphatic carbocycles. The van der Waals surface area contributed by atoms with Gasteiger partial charge in [0.25, 0.3) is 0 Å². The number of rotatable bonds is 4. The fourth-order valence-electron chi connectivity index (χ4n) is 2.35. The maximum atomic E-state index is 12.1. The lowest BCUT2D eigenvalue weighted by Gasteiger charge is -2.28. The molecule has 0 amide bonds. The first-order valence-corrected chi connectivity index (χ1v) is 7.59. The molecule has 0 atom stereocenters. The average Bonchev–Trinajstić information content (AvgIpc) is 2.63. The Bertz CT molecular complexity index is 672. The quantitative estimate of drug-likeness (QED) is 0.792. The summed E-state index contributed by atoms with van der Waals surface area (Å²) in [5, 5.41) is 8.17. The minimum Gasteiger partial charge on any atom is -0.461 e. The summed E-state index contributed by atoms with van der Waals surface area (Å²) in [6, 6.07) is 9.56. The Kier molecular flexibility index (Phi) is 4.77. The number of ether oxygens (including phenoxy) is 2. The summed E-state index contributed by atoms with van der Waals surface area (Å²) in [6.07, 6.45) is 0. The molecule has 1 aromatic carbocycles. The molecule has 1 fully saturated rings.